The van der Waals surface area contributed by atoms with E-state index in [4.69, 9.17) is 9.47 Å². The molecule has 0 bridgehead atoms. The number of alkyl carbamates (subject to hydrolysis) is 1. The summed E-state index contributed by atoms with van der Waals surface area (Å²) in [5.74, 6) is 0. The summed E-state index contributed by atoms with van der Waals surface area (Å²) in [6, 6.07) is -0.158. The van der Waals surface area contributed by atoms with Crippen LogP contribution in [0, 0.1) is 0 Å². The second-order valence-electron chi connectivity index (χ2n) is 5.73. The van der Waals surface area contributed by atoms with Crippen LogP contribution in [0.25, 0.3) is 0 Å². The Morgan fingerprint density at radius 3 is 2.80 bits per heavy atom. The second kappa shape index (κ2) is 7.28. The molecule has 1 amide bonds. The van der Waals surface area contributed by atoms with Crippen molar-refractivity contribution in [1.82, 2.24) is 14.9 Å². The normalized spacial score (nSPS) is 13.1. The minimum atomic E-state index is -0.498. The van der Waals surface area contributed by atoms with Crippen molar-refractivity contribution in [2.75, 3.05) is 13.7 Å². The van der Waals surface area contributed by atoms with Crippen LogP contribution in [0.5, 0.6) is 0 Å². The van der Waals surface area contributed by atoms with Crippen LogP contribution in [0.3, 0.4) is 0 Å². The zero-order valence-corrected chi connectivity index (χ0v) is 13.0. The van der Waals surface area contributed by atoms with Crippen molar-refractivity contribution in [3.05, 3.63) is 18.2 Å². The maximum Gasteiger partial charge on any atom is 0.408 e. The summed E-state index contributed by atoms with van der Waals surface area (Å²) in [5, 5.41) is 2.82. The summed E-state index contributed by atoms with van der Waals surface area (Å²) in [5.41, 5.74) is 0.453. The number of ether oxygens (including phenoxy) is 2. The molecule has 1 atom stereocenters. The van der Waals surface area contributed by atoms with E-state index in [1.54, 1.807) is 19.6 Å². The van der Waals surface area contributed by atoms with Gasteiger partial charge in [-0.3, -0.25) is 0 Å². The Morgan fingerprint density at radius 2 is 2.20 bits per heavy atom. The van der Waals surface area contributed by atoms with Gasteiger partial charge in [-0.25, -0.2) is 9.78 Å². The largest absolute Gasteiger partial charge is 0.444 e. The number of amides is 1. The fourth-order valence-corrected chi connectivity index (χ4v) is 1.82. The van der Waals surface area contributed by atoms with Crippen LogP contribution in [0.4, 0.5) is 4.79 Å². The van der Waals surface area contributed by atoms with E-state index in [0.29, 0.717) is 6.61 Å². The molecule has 1 aromatic heterocycles. The lowest BCUT2D eigenvalue weighted by Gasteiger charge is -2.22. The van der Waals surface area contributed by atoms with Gasteiger partial charge in [0.1, 0.15) is 5.60 Å². The summed E-state index contributed by atoms with van der Waals surface area (Å²) in [6.07, 6.45) is 4.00. The van der Waals surface area contributed by atoms with Gasteiger partial charge < -0.3 is 19.4 Å². The van der Waals surface area contributed by atoms with Gasteiger partial charge in [0.05, 0.1) is 24.3 Å². The molecular formula is C14H25N3O3. The highest BCUT2D eigenvalue weighted by molar-refractivity contribution is 5.68. The minimum Gasteiger partial charge on any atom is -0.444 e. The molecule has 0 aliphatic carbocycles. The standard InChI is InChI=1S/C14H25N3O3/c1-11(16-13(18)20-14(2,3)4)12-9-15-10-17(12)7-6-8-19-5/h9-11H,6-8H2,1-5H3,(H,16,18). The molecule has 1 rings (SSSR count). The number of imidazole rings is 1. The van der Waals surface area contributed by atoms with Crippen LogP contribution in [-0.2, 0) is 16.0 Å². The first kappa shape index (κ1) is 16.5. The Labute approximate surface area is 120 Å². The van der Waals surface area contributed by atoms with Crippen molar-refractivity contribution in [2.24, 2.45) is 0 Å². The molecule has 1 unspecified atom stereocenters. The summed E-state index contributed by atoms with van der Waals surface area (Å²) in [7, 11) is 1.68. The SMILES string of the molecule is COCCCn1cncc1C(C)NC(=O)OC(C)(C)C. The predicted molar refractivity (Wildman–Crippen MR) is 76.5 cm³/mol. The number of nitrogens with zero attached hydrogens (tertiary/aromatic N) is 2. The van der Waals surface area contributed by atoms with Crippen molar-refractivity contribution < 1.29 is 14.3 Å². The third-order valence-corrected chi connectivity index (χ3v) is 2.67. The van der Waals surface area contributed by atoms with Crippen molar-refractivity contribution in [3.8, 4) is 0 Å². The molecule has 1 N–H and O–H groups in total. The topological polar surface area (TPSA) is 65.4 Å². The zero-order valence-electron chi connectivity index (χ0n) is 13.0. The van der Waals surface area contributed by atoms with Gasteiger partial charge in [-0.05, 0) is 34.1 Å². The molecule has 0 aliphatic rings. The van der Waals surface area contributed by atoms with Gasteiger partial charge in [-0.15, -0.1) is 0 Å². The average Bonchev–Trinajstić information content (AvgIpc) is 2.75. The molecule has 0 aliphatic heterocycles. The maximum absolute atomic E-state index is 11.8. The van der Waals surface area contributed by atoms with Gasteiger partial charge >= 0.3 is 6.09 Å². The smallest absolute Gasteiger partial charge is 0.408 e. The highest BCUT2D eigenvalue weighted by Crippen LogP contribution is 2.14. The number of carbonyl (C=O) groups excluding carboxylic acids is 1. The first-order valence-electron chi connectivity index (χ1n) is 6.82. The quantitative estimate of drug-likeness (QED) is 0.815. The van der Waals surface area contributed by atoms with Gasteiger partial charge in [0.25, 0.3) is 0 Å². The number of rotatable bonds is 6. The minimum absolute atomic E-state index is 0.158. The molecule has 0 spiro atoms. The Morgan fingerprint density at radius 1 is 1.50 bits per heavy atom. The molecule has 1 heterocycles. The molecule has 0 aromatic carbocycles. The lowest BCUT2D eigenvalue weighted by Crippen LogP contribution is -2.34. The van der Waals surface area contributed by atoms with Gasteiger partial charge in [-0.1, -0.05) is 0 Å². The fraction of sp³-hybridized carbons (Fsp3) is 0.714. The van der Waals surface area contributed by atoms with E-state index in [2.05, 4.69) is 10.3 Å². The van der Waals surface area contributed by atoms with Crippen molar-refractivity contribution >= 4 is 6.09 Å². The molecule has 114 valence electrons. The third kappa shape index (κ3) is 5.61. The third-order valence-electron chi connectivity index (χ3n) is 2.67. The second-order valence-corrected chi connectivity index (χ2v) is 5.73. The van der Waals surface area contributed by atoms with E-state index in [9.17, 15) is 4.79 Å². The van der Waals surface area contributed by atoms with Gasteiger partial charge in [0.15, 0.2) is 0 Å². The van der Waals surface area contributed by atoms with Crippen LogP contribution in [0.15, 0.2) is 12.5 Å². The van der Waals surface area contributed by atoms with Crippen LogP contribution in [0.1, 0.15) is 45.9 Å². The Balaban J connectivity index is 2.57. The van der Waals surface area contributed by atoms with Crippen LogP contribution in [0.2, 0.25) is 0 Å². The number of hydrogen-bond acceptors (Lipinski definition) is 4. The number of nitrogens with one attached hydrogen (secondary N) is 1. The first-order chi connectivity index (χ1) is 9.33. The van der Waals surface area contributed by atoms with Crippen LogP contribution < -0.4 is 5.32 Å². The lowest BCUT2D eigenvalue weighted by atomic mass is 10.2. The Hall–Kier alpha value is -1.56. The van der Waals surface area contributed by atoms with E-state index in [1.165, 1.54) is 0 Å². The van der Waals surface area contributed by atoms with E-state index in [0.717, 1.165) is 18.7 Å². The van der Waals surface area contributed by atoms with Gasteiger partial charge in [-0.2, -0.15) is 0 Å². The summed E-state index contributed by atoms with van der Waals surface area (Å²) in [4.78, 5) is 15.9. The summed E-state index contributed by atoms with van der Waals surface area (Å²) < 4.78 is 12.3. The van der Waals surface area contributed by atoms with Crippen LogP contribution in [-0.4, -0.2) is 35.0 Å². The monoisotopic (exact) mass is 283 g/mol. The van der Waals surface area contributed by atoms with E-state index in [1.807, 2.05) is 32.3 Å². The highest BCUT2D eigenvalue weighted by Gasteiger charge is 2.19. The highest BCUT2D eigenvalue weighted by atomic mass is 16.6. The number of aryl methyl sites for hydroxylation is 1. The Bertz CT molecular complexity index is 424. The number of carbonyl (C=O) groups is 1. The zero-order chi connectivity index (χ0) is 15.2. The van der Waals surface area contributed by atoms with Gasteiger partial charge in [0, 0.05) is 20.3 Å². The molecule has 20 heavy (non-hydrogen) atoms. The summed E-state index contributed by atoms with van der Waals surface area (Å²) >= 11 is 0. The lowest BCUT2D eigenvalue weighted by molar-refractivity contribution is 0.0506. The van der Waals surface area contributed by atoms with Crippen molar-refractivity contribution in [2.45, 2.75) is 52.3 Å². The van der Waals surface area contributed by atoms with Crippen molar-refractivity contribution in [1.29, 1.82) is 0 Å². The maximum atomic E-state index is 11.8. The van der Waals surface area contributed by atoms with E-state index < -0.39 is 11.7 Å². The molecule has 6 nitrogen and oxygen atoms in total. The summed E-state index contributed by atoms with van der Waals surface area (Å²) in [6.45, 7) is 8.94. The van der Waals surface area contributed by atoms with Crippen molar-refractivity contribution in [3.63, 3.8) is 0 Å². The fourth-order valence-electron chi connectivity index (χ4n) is 1.82. The molecule has 0 radical (unpaired) electrons. The molecule has 0 fully saturated rings. The first-order valence-corrected chi connectivity index (χ1v) is 6.82. The molecule has 0 saturated heterocycles. The number of hydrogen-bond donors (Lipinski definition) is 1. The average molecular weight is 283 g/mol. The van der Waals surface area contributed by atoms with E-state index in [-0.39, 0.29) is 6.04 Å². The molecule has 0 saturated carbocycles. The predicted octanol–water partition coefficient (Wildman–Crippen LogP) is 2.51. The van der Waals surface area contributed by atoms with Crippen LogP contribution >= 0.6 is 0 Å². The number of aromatic nitrogens is 2. The molecule has 1 aromatic rings. The van der Waals surface area contributed by atoms with E-state index >= 15 is 0 Å². The Kier molecular flexibility index (Phi) is 6.01. The number of methoxy groups -OCH3 is 1. The van der Waals surface area contributed by atoms with Gasteiger partial charge in [0.2, 0.25) is 0 Å². The molecule has 6 heteroatoms. The molecular weight excluding hydrogens is 258 g/mol.